The van der Waals surface area contributed by atoms with Gasteiger partial charge >= 0.3 is 0 Å². The van der Waals surface area contributed by atoms with E-state index in [2.05, 4.69) is 33.0 Å². The molecule has 4 N–H and O–H groups in total. The quantitative estimate of drug-likeness (QED) is 0.130. The molecular formula is C24H24Cl2N4O2S3. The van der Waals surface area contributed by atoms with Crippen LogP contribution in [-0.2, 0) is 16.4 Å². The van der Waals surface area contributed by atoms with Gasteiger partial charge in [-0.2, -0.15) is 0 Å². The lowest BCUT2D eigenvalue weighted by Crippen LogP contribution is -2.43. The summed E-state index contributed by atoms with van der Waals surface area (Å²) in [4.78, 5) is 2.97. The number of sulfonamides is 1. The van der Waals surface area contributed by atoms with Gasteiger partial charge in [-0.3, -0.25) is 5.43 Å². The zero-order chi connectivity index (χ0) is 25.3. The first-order chi connectivity index (χ1) is 16.7. The highest BCUT2D eigenvalue weighted by molar-refractivity contribution is 7.89. The van der Waals surface area contributed by atoms with Gasteiger partial charge in [-0.15, -0.1) is 4.83 Å². The van der Waals surface area contributed by atoms with Crippen molar-refractivity contribution in [2.45, 2.75) is 30.6 Å². The van der Waals surface area contributed by atoms with E-state index >= 15 is 0 Å². The van der Waals surface area contributed by atoms with Gasteiger partial charge in [0.25, 0.3) is 10.0 Å². The van der Waals surface area contributed by atoms with E-state index in [1.165, 1.54) is 17.7 Å². The third-order valence-corrected chi connectivity index (χ3v) is 7.36. The molecule has 11 heteroatoms. The highest BCUT2D eigenvalue weighted by Gasteiger charge is 2.15. The molecule has 0 bridgehead atoms. The van der Waals surface area contributed by atoms with Crippen LogP contribution in [0.4, 0.5) is 11.4 Å². The number of hydrogen-bond donors (Lipinski definition) is 4. The number of nitrogens with one attached hydrogen (secondary N) is 4. The van der Waals surface area contributed by atoms with Gasteiger partial charge in [-0.25, -0.2) is 8.42 Å². The molecule has 0 aliphatic heterocycles. The third kappa shape index (κ3) is 9.03. The first-order valence-electron chi connectivity index (χ1n) is 10.7. The molecule has 0 saturated carbocycles. The number of hydrazine groups is 1. The first-order valence-corrected chi connectivity index (χ1v) is 13.8. The zero-order valence-electron chi connectivity index (χ0n) is 18.6. The molecule has 0 amide bonds. The molecule has 0 atom stereocenters. The lowest BCUT2D eigenvalue weighted by molar-refractivity contribution is 0.578. The van der Waals surface area contributed by atoms with Gasteiger partial charge in [0.2, 0.25) is 0 Å². The average molecular weight is 568 g/mol. The Morgan fingerprint density at radius 1 is 0.800 bits per heavy atom. The minimum atomic E-state index is -3.89. The molecule has 0 saturated heterocycles. The van der Waals surface area contributed by atoms with E-state index in [0.29, 0.717) is 32.8 Å². The van der Waals surface area contributed by atoms with Crippen molar-refractivity contribution in [3.05, 3.63) is 88.4 Å². The number of unbranched alkanes of at least 4 members (excludes halogenated alkanes) is 1. The van der Waals surface area contributed by atoms with Crippen molar-refractivity contribution in [3.8, 4) is 0 Å². The number of rotatable bonds is 10. The normalized spacial score (nSPS) is 11.0. The monoisotopic (exact) mass is 566 g/mol. The number of benzene rings is 3. The number of anilines is 2. The molecule has 3 aromatic rings. The van der Waals surface area contributed by atoms with E-state index in [1.807, 2.05) is 18.2 Å². The summed E-state index contributed by atoms with van der Waals surface area (Å²) in [5.41, 5.74) is 4.92. The standard InChI is InChI=1S/C24H24Cl2N4O2S3/c25-21-14-13-19(16-22(21)26)28-24(34)29-30-35(31,32)20-11-6-10-18(15-20)27-23(33)12-5-4-9-17-7-2-1-3-8-17/h1-3,6-8,10-11,13-16,30H,4-5,9,12H2,(H,27,33)(H2,28,29,34). The maximum Gasteiger partial charge on any atom is 0.257 e. The molecule has 35 heavy (non-hydrogen) atoms. The van der Waals surface area contributed by atoms with Crippen molar-refractivity contribution in [3.63, 3.8) is 0 Å². The smallest absolute Gasteiger partial charge is 0.257 e. The number of thiocarbonyl (C=S) groups is 2. The zero-order valence-corrected chi connectivity index (χ0v) is 22.5. The second-order valence-corrected chi connectivity index (χ2v) is 11.0. The van der Waals surface area contributed by atoms with Crippen molar-refractivity contribution >= 4 is 79.1 Å². The second-order valence-electron chi connectivity index (χ2n) is 7.58. The molecule has 0 radical (unpaired) electrons. The fraction of sp³-hybridized carbons (Fsp3) is 0.167. The highest BCUT2D eigenvalue weighted by Crippen LogP contribution is 2.25. The van der Waals surface area contributed by atoms with Gasteiger partial charge < -0.3 is 10.6 Å². The Bertz CT molecular complexity index is 1290. The molecule has 6 nitrogen and oxygen atoms in total. The van der Waals surface area contributed by atoms with Crippen LogP contribution in [-0.4, -0.2) is 18.5 Å². The number of halogens is 2. The Morgan fingerprint density at radius 3 is 2.29 bits per heavy atom. The fourth-order valence-electron chi connectivity index (χ4n) is 3.13. The van der Waals surface area contributed by atoms with E-state index in [4.69, 9.17) is 47.6 Å². The highest BCUT2D eigenvalue weighted by atomic mass is 35.5. The van der Waals surface area contributed by atoms with E-state index in [9.17, 15) is 8.42 Å². The van der Waals surface area contributed by atoms with Gasteiger partial charge in [0.15, 0.2) is 5.11 Å². The van der Waals surface area contributed by atoms with Gasteiger partial charge in [-0.1, -0.05) is 71.8 Å². The van der Waals surface area contributed by atoms with E-state index in [1.54, 1.807) is 30.3 Å². The van der Waals surface area contributed by atoms with Crippen LogP contribution >= 0.6 is 47.6 Å². The number of hydrogen-bond acceptors (Lipinski definition) is 4. The predicted octanol–water partition coefficient (Wildman–Crippen LogP) is 6.33. The van der Waals surface area contributed by atoms with Crippen molar-refractivity contribution in [2.75, 3.05) is 10.6 Å². The molecule has 0 aromatic heterocycles. The first kappa shape index (κ1) is 27.3. The van der Waals surface area contributed by atoms with Crippen LogP contribution in [0.2, 0.25) is 10.0 Å². The van der Waals surface area contributed by atoms with Crippen LogP contribution in [0, 0.1) is 0 Å². The Kier molecular flexibility index (Phi) is 10.3. The van der Waals surface area contributed by atoms with Gasteiger partial charge in [0.1, 0.15) is 0 Å². The molecule has 0 spiro atoms. The largest absolute Gasteiger partial charge is 0.350 e. The van der Waals surface area contributed by atoms with Crippen molar-refractivity contribution in [2.24, 2.45) is 0 Å². The summed E-state index contributed by atoms with van der Waals surface area (Å²) < 4.78 is 25.4. The molecular weight excluding hydrogens is 543 g/mol. The Morgan fingerprint density at radius 2 is 1.54 bits per heavy atom. The van der Waals surface area contributed by atoms with Gasteiger partial charge in [0, 0.05) is 11.4 Å². The Balaban J connectivity index is 1.48. The maximum absolute atomic E-state index is 12.7. The number of aryl methyl sites for hydroxylation is 1. The van der Waals surface area contributed by atoms with Gasteiger partial charge in [0.05, 0.1) is 19.9 Å². The summed E-state index contributed by atoms with van der Waals surface area (Å²) in [6.45, 7) is 0. The molecule has 184 valence electrons. The summed E-state index contributed by atoms with van der Waals surface area (Å²) in [5, 5.41) is 6.73. The lowest BCUT2D eigenvalue weighted by atomic mass is 10.1. The van der Waals surface area contributed by atoms with Crippen LogP contribution < -0.4 is 20.9 Å². The summed E-state index contributed by atoms with van der Waals surface area (Å²) in [6.07, 6.45) is 3.67. The van der Waals surface area contributed by atoms with Crippen molar-refractivity contribution < 1.29 is 8.42 Å². The lowest BCUT2D eigenvalue weighted by Gasteiger charge is -2.13. The van der Waals surface area contributed by atoms with E-state index in [-0.39, 0.29) is 10.0 Å². The molecule has 0 fully saturated rings. The van der Waals surface area contributed by atoms with Crippen LogP contribution in [0.3, 0.4) is 0 Å². The van der Waals surface area contributed by atoms with Crippen molar-refractivity contribution in [1.82, 2.24) is 10.3 Å². The Labute approximate surface area is 226 Å². The molecule has 3 aromatic carbocycles. The summed E-state index contributed by atoms with van der Waals surface area (Å²) in [7, 11) is -3.89. The second kappa shape index (κ2) is 13.2. The predicted molar refractivity (Wildman–Crippen MR) is 153 cm³/mol. The SMILES string of the molecule is O=S(=O)(NNC(=S)Nc1ccc(Cl)c(Cl)c1)c1cccc(NC(=S)CCCCc2ccccc2)c1. The summed E-state index contributed by atoms with van der Waals surface area (Å²) >= 11 is 22.4. The molecule has 0 heterocycles. The van der Waals surface area contributed by atoms with E-state index in [0.717, 1.165) is 19.3 Å². The van der Waals surface area contributed by atoms with E-state index < -0.39 is 10.0 Å². The average Bonchev–Trinajstić information content (AvgIpc) is 2.84. The minimum absolute atomic E-state index is 0.0397. The fourth-order valence-corrected chi connectivity index (χ4v) is 4.82. The summed E-state index contributed by atoms with van der Waals surface area (Å²) in [6, 6.07) is 21.5. The van der Waals surface area contributed by atoms with Crippen LogP contribution in [0.15, 0.2) is 77.7 Å². The van der Waals surface area contributed by atoms with Crippen molar-refractivity contribution in [1.29, 1.82) is 0 Å². The topological polar surface area (TPSA) is 82.3 Å². The minimum Gasteiger partial charge on any atom is -0.350 e. The molecule has 0 unspecified atom stereocenters. The van der Waals surface area contributed by atoms with Crippen LogP contribution in [0.25, 0.3) is 0 Å². The Hall–Kier alpha value is -2.27. The van der Waals surface area contributed by atoms with Crippen LogP contribution in [0.5, 0.6) is 0 Å². The van der Waals surface area contributed by atoms with Gasteiger partial charge in [-0.05, 0) is 79.9 Å². The molecule has 0 aliphatic rings. The maximum atomic E-state index is 12.7. The molecule has 0 aliphatic carbocycles. The van der Waals surface area contributed by atoms with Crippen LogP contribution in [0.1, 0.15) is 24.8 Å². The molecule has 3 rings (SSSR count). The summed E-state index contributed by atoms with van der Waals surface area (Å²) in [5.74, 6) is 0. The third-order valence-electron chi connectivity index (χ3n) is 4.87.